The van der Waals surface area contributed by atoms with Gasteiger partial charge in [0.05, 0.1) is 0 Å². The Morgan fingerprint density at radius 3 is 2.66 bits per heavy atom. The van der Waals surface area contributed by atoms with Crippen LogP contribution < -0.4 is 10.1 Å². The summed E-state index contributed by atoms with van der Waals surface area (Å²) in [5.74, 6) is 0.777. The second kappa shape index (κ2) is 9.29. The van der Waals surface area contributed by atoms with Crippen molar-refractivity contribution in [2.45, 2.75) is 32.8 Å². The second-order valence-electron chi connectivity index (χ2n) is 7.71. The molecule has 0 aliphatic rings. The molecule has 1 amide bonds. The number of benzene rings is 2. The molecule has 5 nitrogen and oxygen atoms in total. The molecule has 2 aromatic carbocycles. The van der Waals surface area contributed by atoms with Crippen molar-refractivity contribution in [3.05, 3.63) is 53.4 Å². The lowest BCUT2D eigenvalue weighted by atomic mass is 10.00. The maximum Gasteiger partial charge on any atom is 0.407 e. The van der Waals surface area contributed by atoms with Crippen LogP contribution in [-0.2, 0) is 15.9 Å². The summed E-state index contributed by atoms with van der Waals surface area (Å²) in [6, 6.07) is 14.4. The fraction of sp³-hybridized carbons (Fsp3) is 0.348. The minimum absolute atomic E-state index is 0.189. The van der Waals surface area contributed by atoms with Crippen molar-refractivity contribution in [2.24, 2.45) is 0 Å². The Hall–Kier alpha value is -2.57. The Bertz CT molecular complexity index is 974. The molecule has 29 heavy (non-hydrogen) atoms. The van der Waals surface area contributed by atoms with E-state index < -0.39 is 11.7 Å². The lowest BCUT2D eigenvalue weighted by molar-refractivity contribution is 0.0513. The largest absolute Gasteiger partial charge is 0.467 e. The summed E-state index contributed by atoms with van der Waals surface area (Å²) in [5.41, 5.74) is 2.77. The van der Waals surface area contributed by atoms with Crippen molar-refractivity contribution in [1.29, 1.82) is 0 Å². The molecular formula is C23H27NO4S. The number of thiophene rings is 1. The number of carbonyl (C=O) groups excluding carboxylic acids is 1. The molecule has 1 heterocycles. The number of hydrogen-bond donors (Lipinski definition) is 1. The van der Waals surface area contributed by atoms with Crippen molar-refractivity contribution in [2.75, 3.05) is 20.4 Å². The molecule has 1 aromatic heterocycles. The van der Waals surface area contributed by atoms with Crippen molar-refractivity contribution >= 4 is 27.5 Å². The van der Waals surface area contributed by atoms with Gasteiger partial charge in [0.15, 0.2) is 6.79 Å². The minimum Gasteiger partial charge on any atom is -0.467 e. The number of ether oxygens (including phenoxy) is 3. The standard InChI is InChI=1S/C23H27NO4S/c1-23(2,3)28-22(25)24-12-11-16-9-10-20(27-15-26-4)18(13-16)19-14-29-21-8-6-5-7-17(19)21/h5-10,13-14H,11-12,15H2,1-4H3,(H,24,25). The third-order valence-electron chi connectivity index (χ3n) is 4.23. The molecule has 1 N–H and O–H groups in total. The minimum atomic E-state index is -0.502. The van der Waals surface area contributed by atoms with Crippen molar-refractivity contribution in [3.63, 3.8) is 0 Å². The summed E-state index contributed by atoms with van der Waals surface area (Å²) in [4.78, 5) is 11.9. The van der Waals surface area contributed by atoms with E-state index in [-0.39, 0.29) is 6.79 Å². The van der Waals surface area contributed by atoms with Gasteiger partial charge in [0.1, 0.15) is 11.4 Å². The van der Waals surface area contributed by atoms with Crippen LogP contribution in [0.2, 0.25) is 0 Å². The van der Waals surface area contributed by atoms with E-state index in [4.69, 9.17) is 14.2 Å². The predicted molar refractivity (Wildman–Crippen MR) is 118 cm³/mol. The van der Waals surface area contributed by atoms with Gasteiger partial charge in [-0.25, -0.2) is 4.79 Å². The van der Waals surface area contributed by atoms with Gasteiger partial charge in [0.25, 0.3) is 0 Å². The Kier molecular flexibility index (Phi) is 6.77. The summed E-state index contributed by atoms with van der Waals surface area (Å²) in [6.45, 7) is 6.24. The molecular weight excluding hydrogens is 386 g/mol. The average Bonchev–Trinajstić information content (AvgIpc) is 3.09. The lowest BCUT2D eigenvalue weighted by Crippen LogP contribution is -2.33. The molecule has 0 bridgehead atoms. The first-order valence-electron chi connectivity index (χ1n) is 9.55. The Labute approximate surface area is 175 Å². The molecule has 154 valence electrons. The summed E-state index contributed by atoms with van der Waals surface area (Å²) >= 11 is 1.71. The highest BCUT2D eigenvalue weighted by atomic mass is 32.1. The average molecular weight is 414 g/mol. The summed E-state index contributed by atoms with van der Waals surface area (Å²) < 4.78 is 17.4. The lowest BCUT2D eigenvalue weighted by Gasteiger charge is -2.19. The molecule has 0 saturated heterocycles. The second-order valence-corrected chi connectivity index (χ2v) is 8.62. The van der Waals surface area contributed by atoms with Crippen molar-refractivity contribution < 1.29 is 19.0 Å². The fourth-order valence-corrected chi connectivity index (χ4v) is 3.96. The molecule has 0 atom stereocenters. The van der Waals surface area contributed by atoms with Gasteiger partial charge in [-0.2, -0.15) is 0 Å². The van der Waals surface area contributed by atoms with E-state index in [0.29, 0.717) is 13.0 Å². The van der Waals surface area contributed by atoms with E-state index in [1.807, 2.05) is 45.0 Å². The van der Waals surface area contributed by atoms with Crippen LogP contribution in [0.15, 0.2) is 47.8 Å². The normalized spacial score (nSPS) is 11.4. The maximum absolute atomic E-state index is 11.9. The zero-order chi connectivity index (χ0) is 20.9. The highest BCUT2D eigenvalue weighted by Gasteiger charge is 2.16. The van der Waals surface area contributed by atoms with Gasteiger partial charge in [-0.3, -0.25) is 0 Å². The zero-order valence-corrected chi connectivity index (χ0v) is 18.1. The Morgan fingerprint density at radius 2 is 1.90 bits per heavy atom. The van der Waals surface area contributed by atoms with E-state index >= 15 is 0 Å². The van der Waals surface area contributed by atoms with Crippen molar-refractivity contribution in [3.8, 4) is 16.9 Å². The van der Waals surface area contributed by atoms with Crippen LogP contribution in [0.5, 0.6) is 5.75 Å². The number of alkyl carbamates (subject to hydrolysis) is 1. The highest BCUT2D eigenvalue weighted by molar-refractivity contribution is 7.17. The molecule has 3 rings (SSSR count). The molecule has 3 aromatic rings. The maximum atomic E-state index is 11.9. The fourth-order valence-electron chi connectivity index (χ4n) is 3.00. The molecule has 0 aliphatic heterocycles. The van der Waals surface area contributed by atoms with Gasteiger partial charge in [0.2, 0.25) is 0 Å². The van der Waals surface area contributed by atoms with E-state index in [1.54, 1.807) is 18.4 Å². The zero-order valence-electron chi connectivity index (χ0n) is 17.3. The van der Waals surface area contributed by atoms with Crippen LogP contribution in [0.1, 0.15) is 26.3 Å². The first kappa shape index (κ1) is 21.1. The van der Waals surface area contributed by atoms with Crippen LogP contribution in [0.3, 0.4) is 0 Å². The van der Waals surface area contributed by atoms with Crippen LogP contribution in [0, 0.1) is 0 Å². The first-order chi connectivity index (χ1) is 13.9. The Morgan fingerprint density at radius 1 is 1.10 bits per heavy atom. The smallest absolute Gasteiger partial charge is 0.407 e. The Balaban J connectivity index is 1.80. The molecule has 0 aliphatic carbocycles. The van der Waals surface area contributed by atoms with Gasteiger partial charge >= 0.3 is 6.09 Å². The highest BCUT2D eigenvalue weighted by Crippen LogP contribution is 2.39. The number of amides is 1. The number of carbonyl (C=O) groups is 1. The first-order valence-corrected chi connectivity index (χ1v) is 10.4. The van der Waals surface area contributed by atoms with Gasteiger partial charge in [-0.15, -0.1) is 11.3 Å². The molecule has 0 unspecified atom stereocenters. The molecule has 0 saturated carbocycles. The number of hydrogen-bond acceptors (Lipinski definition) is 5. The predicted octanol–water partition coefficient (Wildman–Crippen LogP) is 5.62. The number of methoxy groups -OCH3 is 1. The van der Waals surface area contributed by atoms with Crippen LogP contribution in [-0.4, -0.2) is 32.1 Å². The summed E-state index contributed by atoms with van der Waals surface area (Å²) in [7, 11) is 1.61. The third-order valence-corrected chi connectivity index (χ3v) is 5.19. The number of fused-ring (bicyclic) bond motifs is 1. The van der Waals surface area contributed by atoms with Crippen molar-refractivity contribution in [1.82, 2.24) is 5.32 Å². The van der Waals surface area contributed by atoms with Gasteiger partial charge in [-0.05, 0) is 56.3 Å². The van der Waals surface area contributed by atoms with E-state index in [9.17, 15) is 4.79 Å². The monoisotopic (exact) mass is 413 g/mol. The SMILES string of the molecule is COCOc1ccc(CCNC(=O)OC(C)(C)C)cc1-c1csc2ccccc12. The van der Waals surface area contributed by atoms with Crippen LogP contribution in [0.4, 0.5) is 4.79 Å². The van der Waals surface area contributed by atoms with E-state index in [0.717, 1.165) is 22.4 Å². The van der Waals surface area contributed by atoms with E-state index in [2.05, 4.69) is 28.9 Å². The van der Waals surface area contributed by atoms with Crippen LogP contribution >= 0.6 is 11.3 Å². The molecule has 6 heteroatoms. The third kappa shape index (κ3) is 5.71. The number of nitrogens with one attached hydrogen (secondary N) is 1. The van der Waals surface area contributed by atoms with Gasteiger partial charge < -0.3 is 19.5 Å². The van der Waals surface area contributed by atoms with Crippen LogP contribution in [0.25, 0.3) is 21.2 Å². The topological polar surface area (TPSA) is 56.8 Å². The molecule has 0 radical (unpaired) electrons. The van der Waals surface area contributed by atoms with Gasteiger partial charge in [0, 0.05) is 34.9 Å². The number of rotatable bonds is 7. The molecule has 0 spiro atoms. The molecule has 0 fully saturated rings. The summed E-state index contributed by atoms with van der Waals surface area (Å²) in [6.07, 6.45) is 0.292. The summed E-state index contributed by atoms with van der Waals surface area (Å²) in [5, 5.41) is 6.16. The van der Waals surface area contributed by atoms with E-state index in [1.165, 1.54) is 10.1 Å². The van der Waals surface area contributed by atoms with Gasteiger partial charge in [-0.1, -0.05) is 24.3 Å². The quantitative estimate of drug-likeness (QED) is 0.511.